The maximum Gasteiger partial charge on any atom is 0.0983 e. The van der Waals surface area contributed by atoms with Crippen LogP contribution in [0.4, 0.5) is 0 Å². The summed E-state index contributed by atoms with van der Waals surface area (Å²) in [6.45, 7) is 0. The van der Waals surface area contributed by atoms with Gasteiger partial charge in [-0.15, -0.1) is 0 Å². The molecule has 2 saturated carbocycles. The second kappa shape index (κ2) is 2.12. The standard InChI is InChI=1S/C11H15O2/c1-2-8-6-11(3-1,13-8)10-7-4-9(5-7)12-10/h7-8,10H,1-6H2. The SMILES string of the molecule is C1CC2CC(C3O[C]4CC3C4)(C1)O2. The van der Waals surface area contributed by atoms with Gasteiger partial charge in [0.25, 0.3) is 0 Å². The van der Waals surface area contributed by atoms with Crippen LogP contribution in [-0.2, 0) is 9.47 Å². The van der Waals surface area contributed by atoms with Crippen molar-refractivity contribution in [1.29, 1.82) is 0 Å². The van der Waals surface area contributed by atoms with E-state index in [1.54, 1.807) is 0 Å². The lowest BCUT2D eigenvalue weighted by Crippen LogP contribution is -2.61. The third-order valence-electron chi connectivity index (χ3n) is 4.32. The highest BCUT2D eigenvalue weighted by Gasteiger charge is 2.62. The average Bonchev–Trinajstić information content (AvgIpc) is 2.59. The van der Waals surface area contributed by atoms with E-state index in [9.17, 15) is 0 Å². The Morgan fingerprint density at radius 3 is 2.69 bits per heavy atom. The molecular weight excluding hydrogens is 164 g/mol. The van der Waals surface area contributed by atoms with E-state index in [0.717, 1.165) is 5.92 Å². The topological polar surface area (TPSA) is 18.5 Å². The molecule has 6 rings (SSSR count). The molecule has 4 saturated heterocycles. The van der Waals surface area contributed by atoms with Crippen molar-refractivity contribution in [3.05, 3.63) is 6.10 Å². The van der Waals surface area contributed by atoms with Gasteiger partial charge in [-0.2, -0.15) is 0 Å². The number of fused-ring (bicyclic) bond motifs is 3. The minimum atomic E-state index is 0.172. The quantitative estimate of drug-likeness (QED) is 0.613. The van der Waals surface area contributed by atoms with Crippen LogP contribution in [0, 0.1) is 12.0 Å². The normalized spacial score (nSPS) is 58.6. The second-order valence-electron chi connectivity index (χ2n) is 5.15. The molecule has 2 heteroatoms. The fourth-order valence-electron chi connectivity index (χ4n) is 3.63. The molecule has 2 aliphatic carbocycles. The van der Waals surface area contributed by atoms with E-state index in [1.807, 2.05) is 0 Å². The zero-order chi connectivity index (χ0) is 8.47. The molecule has 3 unspecified atom stereocenters. The summed E-state index contributed by atoms with van der Waals surface area (Å²) in [6, 6.07) is 0. The van der Waals surface area contributed by atoms with Crippen LogP contribution in [0.25, 0.3) is 0 Å². The summed E-state index contributed by atoms with van der Waals surface area (Å²) in [5.74, 6) is 0.814. The molecular formula is C11H15O2. The van der Waals surface area contributed by atoms with Crippen LogP contribution in [-0.4, -0.2) is 17.8 Å². The van der Waals surface area contributed by atoms with E-state index in [2.05, 4.69) is 0 Å². The van der Waals surface area contributed by atoms with Crippen molar-refractivity contribution < 1.29 is 9.47 Å². The van der Waals surface area contributed by atoms with Crippen LogP contribution in [0.5, 0.6) is 0 Å². The highest BCUT2D eigenvalue weighted by molar-refractivity contribution is 5.16. The van der Waals surface area contributed by atoms with Gasteiger partial charge in [0.15, 0.2) is 0 Å². The monoisotopic (exact) mass is 179 g/mol. The number of hydrogen-bond acceptors (Lipinski definition) is 2. The molecule has 0 N–H and O–H groups in total. The van der Waals surface area contributed by atoms with Gasteiger partial charge in [-0.3, -0.25) is 0 Å². The van der Waals surface area contributed by atoms with E-state index >= 15 is 0 Å². The Labute approximate surface area is 78.6 Å². The minimum absolute atomic E-state index is 0.172. The predicted molar refractivity (Wildman–Crippen MR) is 46.9 cm³/mol. The molecule has 0 spiro atoms. The lowest BCUT2D eigenvalue weighted by Gasteiger charge is -2.55. The summed E-state index contributed by atoms with van der Waals surface area (Å²) >= 11 is 0. The van der Waals surface area contributed by atoms with Crippen molar-refractivity contribution in [2.24, 2.45) is 5.92 Å². The molecule has 71 valence electrons. The van der Waals surface area contributed by atoms with Gasteiger partial charge in [0.05, 0.1) is 23.9 Å². The molecule has 6 aliphatic rings. The van der Waals surface area contributed by atoms with E-state index < -0.39 is 0 Å². The van der Waals surface area contributed by atoms with Crippen molar-refractivity contribution in [2.75, 3.05) is 0 Å². The zero-order valence-electron chi connectivity index (χ0n) is 7.79. The molecule has 0 aromatic carbocycles. The van der Waals surface area contributed by atoms with Crippen LogP contribution in [0.1, 0.15) is 38.5 Å². The van der Waals surface area contributed by atoms with Crippen LogP contribution in [0.2, 0.25) is 0 Å². The molecule has 6 fully saturated rings. The Hall–Kier alpha value is -0.0800. The highest BCUT2D eigenvalue weighted by Crippen LogP contribution is 2.59. The number of ether oxygens (including phenoxy) is 2. The maximum absolute atomic E-state index is 6.01. The van der Waals surface area contributed by atoms with E-state index in [4.69, 9.17) is 9.47 Å². The zero-order valence-corrected chi connectivity index (χ0v) is 7.79. The van der Waals surface area contributed by atoms with E-state index in [-0.39, 0.29) is 5.60 Å². The number of hydrogen-bond donors (Lipinski definition) is 0. The first-order chi connectivity index (χ1) is 6.36. The molecule has 3 atom stereocenters. The Morgan fingerprint density at radius 2 is 2.15 bits per heavy atom. The van der Waals surface area contributed by atoms with Crippen molar-refractivity contribution in [1.82, 2.24) is 0 Å². The van der Waals surface area contributed by atoms with Gasteiger partial charge >= 0.3 is 0 Å². The van der Waals surface area contributed by atoms with Gasteiger partial charge in [-0.25, -0.2) is 0 Å². The number of rotatable bonds is 1. The molecule has 13 heavy (non-hydrogen) atoms. The van der Waals surface area contributed by atoms with Crippen LogP contribution in [0.15, 0.2) is 0 Å². The summed E-state index contributed by atoms with van der Waals surface area (Å²) < 4.78 is 11.9. The first-order valence-corrected chi connectivity index (χ1v) is 5.55. The van der Waals surface area contributed by atoms with E-state index in [1.165, 1.54) is 44.6 Å². The Bertz CT molecular complexity index is 233. The highest BCUT2D eigenvalue weighted by atomic mass is 16.6. The van der Waals surface area contributed by atoms with Gasteiger partial charge in [-0.1, -0.05) is 0 Å². The molecule has 4 heterocycles. The Balaban J connectivity index is 1.60. The van der Waals surface area contributed by atoms with Gasteiger partial charge in [0, 0.05) is 6.42 Å². The largest absolute Gasteiger partial charge is 0.369 e. The molecule has 0 aromatic heterocycles. The molecule has 2 nitrogen and oxygen atoms in total. The molecule has 0 amide bonds. The fourth-order valence-corrected chi connectivity index (χ4v) is 3.63. The summed E-state index contributed by atoms with van der Waals surface area (Å²) in [7, 11) is 0. The van der Waals surface area contributed by atoms with Gasteiger partial charge in [0.1, 0.15) is 0 Å². The molecule has 4 aliphatic heterocycles. The summed E-state index contributed by atoms with van der Waals surface area (Å²) in [6.07, 6.45) is 10.0. The van der Waals surface area contributed by atoms with Gasteiger partial charge in [-0.05, 0) is 38.0 Å². The third-order valence-corrected chi connectivity index (χ3v) is 4.32. The predicted octanol–water partition coefficient (Wildman–Crippen LogP) is 2.04. The fraction of sp³-hybridized carbons (Fsp3) is 0.909. The van der Waals surface area contributed by atoms with Crippen molar-refractivity contribution in [2.45, 2.75) is 56.3 Å². The van der Waals surface area contributed by atoms with E-state index in [0.29, 0.717) is 12.2 Å². The first-order valence-electron chi connectivity index (χ1n) is 5.55. The second-order valence-corrected chi connectivity index (χ2v) is 5.15. The summed E-state index contributed by atoms with van der Waals surface area (Å²) in [5.41, 5.74) is 0.172. The Morgan fingerprint density at radius 1 is 1.31 bits per heavy atom. The average molecular weight is 179 g/mol. The minimum Gasteiger partial charge on any atom is -0.369 e. The molecule has 4 bridgehead atoms. The van der Waals surface area contributed by atoms with Crippen molar-refractivity contribution in [3.63, 3.8) is 0 Å². The maximum atomic E-state index is 6.01. The van der Waals surface area contributed by atoms with Crippen LogP contribution < -0.4 is 0 Å². The summed E-state index contributed by atoms with van der Waals surface area (Å²) in [4.78, 5) is 0. The lowest BCUT2D eigenvalue weighted by atomic mass is 9.68. The van der Waals surface area contributed by atoms with Crippen molar-refractivity contribution >= 4 is 0 Å². The summed E-state index contributed by atoms with van der Waals surface area (Å²) in [5, 5.41) is 0. The molecule has 1 radical (unpaired) electrons. The third kappa shape index (κ3) is 0.774. The van der Waals surface area contributed by atoms with Gasteiger partial charge in [0.2, 0.25) is 0 Å². The Kier molecular flexibility index (Phi) is 1.18. The first kappa shape index (κ1) is 7.24. The lowest BCUT2D eigenvalue weighted by molar-refractivity contribution is -0.275. The smallest absolute Gasteiger partial charge is 0.0983 e. The van der Waals surface area contributed by atoms with Crippen molar-refractivity contribution in [3.8, 4) is 0 Å². The van der Waals surface area contributed by atoms with Gasteiger partial charge < -0.3 is 9.47 Å². The molecule has 0 aromatic rings. The van der Waals surface area contributed by atoms with Crippen LogP contribution >= 0.6 is 0 Å². The van der Waals surface area contributed by atoms with Crippen LogP contribution in [0.3, 0.4) is 0 Å².